The topological polar surface area (TPSA) is 59.2 Å². The van der Waals surface area contributed by atoms with E-state index >= 15 is 0 Å². The maximum atomic E-state index is 11.4. The fraction of sp³-hybridized carbons (Fsp3) is 0.556. The normalized spacial score (nSPS) is 11.7. The van der Waals surface area contributed by atoms with Crippen LogP contribution in [-0.4, -0.2) is 35.4 Å². The first-order valence-corrected chi connectivity index (χ1v) is 5.38. The summed E-state index contributed by atoms with van der Waals surface area (Å²) in [6, 6.07) is -0.420. The van der Waals surface area contributed by atoms with Gasteiger partial charge in [-0.3, -0.25) is 4.79 Å². The van der Waals surface area contributed by atoms with Crippen molar-refractivity contribution in [1.29, 1.82) is 0 Å². The maximum Gasteiger partial charge on any atom is 0.238 e. The highest BCUT2D eigenvalue weighted by atomic mass is 35.5. The third-order valence-electron chi connectivity index (χ3n) is 1.91. The van der Waals surface area contributed by atoms with Crippen LogP contribution in [0.4, 0.5) is 0 Å². The van der Waals surface area contributed by atoms with Gasteiger partial charge in [-0.1, -0.05) is 0 Å². The number of hydrogen-bond donors (Lipinski definition) is 1. The van der Waals surface area contributed by atoms with E-state index in [1.807, 2.05) is 5.38 Å². The first kappa shape index (κ1) is 14.3. The Hall–Kier alpha value is -0.650. The SMILES string of the molecule is CC(N)C(=O)N(C)CCc1nccs1.Cl. The molecule has 0 spiro atoms. The van der Waals surface area contributed by atoms with Gasteiger partial charge in [0, 0.05) is 31.6 Å². The molecule has 0 aliphatic heterocycles. The lowest BCUT2D eigenvalue weighted by molar-refractivity contribution is -0.130. The molecule has 6 heteroatoms. The molecule has 1 atom stereocenters. The van der Waals surface area contributed by atoms with Gasteiger partial charge in [0.2, 0.25) is 5.91 Å². The van der Waals surface area contributed by atoms with E-state index in [4.69, 9.17) is 5.73 Å². The highest BCUT2D eigenvalue weighted by molar-refractivity contribution is 7.09. The molecular formula is C9H16ClN3OS. The van der Waals surface area contributed by atoms with Crippen LogP contribution in [0.15, 0.2) is 11.6 Å². The number of hydrogen-bond acceptors (Lipinski definition) is 4. The van der Waals surface area contributed by atoms with E-state index in [0.29, 0.717) is 6.54 Å². The zero-order chi connectivity index (χ0) is 10.6. The zero-order valence-corrected chi connectivity index (χ0v) is 10.5. The molecule has 0 aromatic carbocycles. The molecule has 1 rings (SSSR count). The summed E-state index contributed by atoms with van der Waals surface area (Å²) >= 11 is 1.60. The molecule has 0 aliphatic carbocycles. The van der Waals surface area contributed by atoms with Crippen molar-refractivity contribution in [2.24, 2.45) is 5.73 Å². The quantitative estimate of drug-likeness (QED) is 0.863. The Kier molecular flexibility index (Phi) is 6.47. The number of likely N-dealkylation sites (N-methyl/N-ethyl adjacent to an activating group) is 1. The fourth-order valence-corrected chi connectivity index (χ4v) is 1.71. The molecule has 0 saturated heterocycles. The first-order chi connectivity index (χ1) is 6.61. The van der Waals surface area contributed by atoms with Crippen LogP contribution < -0.4 is 5.73 Å². The first-order valence-electron chi connectivity index (χ1n) is 4.50. The molecule has 0 bridgehead atoms. The van der Waals surface area contributed by atoms with Gasteiger partial charge in [0.1, 0.15) is 0 Å². The third kappa shape index (κ3) is 4.59. The predicted molar refractivity (Wildman–Crippen MR) is 64.4 cm³/mol. The molecule has 0 saturated carbocycles. The number of carbonyl (C=O) groups excluding carboxylic acids is 1. The molecule has 1 unspecified atom stereocenters. The van der Waals surface area contributed by atoms with Crippen molar-refractivity contribution in [3.63, 3.8) is 0 Å². The molecule has 2 N–H and O–H groups in total. The van der Waals surface area contributed by atoms with Crippen molar-refractivity contribution in [3.8, 4) is 0 Å². The summed E-state index contributed by atoms with van der Waals surface area (Å²) in [4.78, 5) is 17.2. The van der Waals surface area contributed by atoms with Crippen molar-refractivity contribution in [2.75, 3.05) is 13.6 Å². The summed E-state index contributed by atoms with van der Waals surface area (Å²) in [5, 5.41) is 2.98. The Labute approximate surface area is 99.9 Å². The van der Waals surface area contributed by atoms with Gasteiger partial charge in [0.25, 0.3) is 0 Å². The van der Waals surface area contributed by atoms with E-state index in [2.05, 4.69) is 4.98 Å². The summed E-state index contributed by atoms with van der Waals surface area (Å²) in [6.07, 6.45) is 2.57. The van der Waals surface area contributed by atoms with E-state index in [1.165, 1.54) is 0 Å². The smallest absolute Gasteiger partial charge is 0.238 e. The van der Waals surface area contributed by atoms with E-state index in [0.717, 1.165) is 11.4 Å². The van der Waals surface area contributed by atoms with E-state index < -0.39 is 6.04 Å². The van der Waals surface area contributed by atoms with Crippen LogP contribution in [-0.2, 0) is 11.2 Å². The standard InChI is InChI=1S/C9H15N3OS.ClH/c1-7(10)9(13)12(2)5-3-8-11-4-6-14-8;/h4,6-7H,3,5,10H2,1-2H3;1H. The van der Waals surface area contributed by atoms with Gasteiger partial charge in [0.05, 0.1) is 11.0 Å². The average Bonchev–Trinajstić information content (AvgIpc) is 2.65. The molecule has 15 heavy (non-hydrogen) atoms. The second-order valence-corrected chi connectivity index (χ2v) is 4.20. The minimum Gasteiger partial charge on any atom is -0.344 e. The van der Waals surface area contributed by atoms with Crippen LogP contribution in [0.3, 0.4) is 0 Å². The lowest BCUT2D eigenvalue weighted by Crippen LogP contribution is -2.40. The molecule has 1 heterocycles. The van der Waals surface area contributed by atoms with E-state index in [1.54, 1.807) is 36.4 Å². The van der Waals surface area contributed by atoms with Gasteiger partial charge < -0.3 is 10.6 Å². The molecule has 0 radical (unpaired) electrons. The molecule has 1 aromatic heterocycles. The van der Waals surface area contributed by atoms with E-state index in [-0.39, 0.29) is 18.3 Å². The minimum absolute atomic E-state index is 0. The molecule has 86 valence electrons. The van der Waals surface area contributed by atoms with Gasteiger partial charge >= 0.3 is 0 Å². The summed E-state index contributed by atoms with van der Waals surface area (Å²) in [6.45, 7) is 2.37. The van der Waals surface area contributed by atoms with Crippen molar-refractivity contribution in [1.82, 2.24) is 9.88 Å². The Bertz CT molecular complexity index is 290. The highest BCUT2D eigenvalue weighted by Crippen LogP contribution is 2.05. The third-order valence-corrected chi connectivity index (χ3v) is 2.75. The van der Waals surface area contributed by atoms with Gasteiger partial charge in [0.15, 0.2) is 0 Å². The van der Waals surface area contributed by atoms with Crippen LogP contribution in [0, 0.1) is 0 Å². The van der Waals surface area contributed by atoms with Gasteiger partial charge in [-0.2, -0.15) is 0 Å². The monoisotopic (exact) mass is 249 g/mol. The second-order valence-electron chi connectivity index (χ2n) is 3.22. The van der Waals surface area contributed by atoms with Crippen LogP contribution in [0.25, 0.3) is 0 Å². The fourth-order valence-electron chi connectivity index (χ4n) is 1.10. The molecule has 1 amide bonds. The largest absolute Gasteiger partial charge is 0.344 e. The lowest BCUT2D eigenvalue weighted by Gasteiger charge is -2.18. The number of amides is 1. The molecule has 0 fully saturated rings. The van der Waals surface area contributed by atoms with Gasteiger partial charge in [-0.05, 0) is 6.92 Å². The van der Waals surface area contributed by atoms with Crippen LogP contribution in [0.2, 0.25) is 0 Å². The van der Waals surface area contributed by atoms with Crippen LogP contribution in [0.1, 0.15) is 11.9 Å². The molecule has 4 nitrogen and oxygen atoms in total. The Morgan fingerprint density at radius 1 is 1.73 bits per heavy atom. The minimum atomic E-state index is -0.420. The Balaban J connectivity index is 0.00000196. The lowest BCUT2D eigenvalue weighted by atomic mass is 10.3. The van der Waals surface area contributed by atoms with Gasteiger partial charge in [-0.15, -0.1) is 23.7 Å². The van der Waals surface area contributed by atoms with Crippen LogP contribution in [0.5, 0.6) is 0 Å². The Morgan fingerprint density at radius 2 is 2.40 bits per heavy atom. The summed E-state index contributed by atoms with van der Waals surface area (Å²) in [5.74, 6) is -0.0263. The Morgan fingerprint density at radius 3 is 2.87 bits per heavy atom. The van der Waals surface area contributed by atoms with Crippen molar-refractivity contribution in [2.45, 2.75) is 19.4 Å². The summed E-state index contributed by atoms with van der Waals surface area (Å²) in [7, 11) is 1.76. The number of aromatic nitrogens is 1. The number of nitrogens with zero attached hydrogens (tertiary/aromatic N) is 2. The van der Waals surface area contributed by atoms with Crippen LogP contribution >= 0.6 is 23.7 Å². The van der Waals surface area contributed by atoms with Crippen molar-refractivity contribution in [3.05, 3.63) is 16.6 Å². The summed E-state index contributed by atoms with van der Waals surface area (Å²) < 4.78 is 0. The molecule has 0 aliphatic rings. The predicted octanol–water partition coefficient (Wildman–Crippen LogP) is 0.913. The number of rotatable bonds is 4. The van der Waals surface area contributed by atoms with Crippen molar-refractivity contribution < 1.29 is 4.79 Å². The number of nitrogens with two attached hydrogens (primary N) is 1. The van der Waals surface area contributed by atoms with Crippen molar-refractivity contribution >= 4 is 29.7 Å². The zero-order valence-electron chi connectivity index (χ0n) is 8.84. The van der Waals surface area contributed by atoms with Gasteiger partial charge in [-0.25, -0.2) is 4.98 Å². The molecule has 1 aromatic rings. The highest BCUT2D eigenvalue weighted by Gasteiger charge is 2.12. The maximum absolute atomic E-state index is 11.4. The number of thiazole rings is 1. The number of carbonyl (C=O) groups is 1. The molecular weight excluding hydrogens is 234 g/mol. The second kappa shape index (κ2) is 6.76. The summed E-state index contributed by atoms with van der Waals surface area (Å²) in [5.41, 5.74) is 5.48. The van der Waals surface area contributed by atoms with E-state index in [9.17, 15) is 4.79 Å². The number of halogens is 1. The average molecular weight is 250 g/mol.